The normalized spacial score (nSPS) is 17.2. The van der Waals surface area contributed by atoms with Crippen LogP contribution in [0.3, 0.4) is 0 Å². The van der Waals surface area contributed by atoms with Crippen molar-refractivity contribution in [2.45, 2.75) is 31.2 Å². The van der Waals surface area contributed by atoms with Crippen LogP contribution in [0.25, 0.3) is 0 Å². The van der Waals surface area contributed by atoms with Crippen molar-refractivity contribution in [3.8, 4) is 5.75 Å². The third kappa shape index (κ3) is 2.56. The molecule has 0 bridgehead atoms. The van der Waals surface area contributed by atoms with Crippen LogP contribution in [0.15, 0.2) is 54.6 Å². The molecule has 2 heteroatoms. The predicted octanol–water partition coefficient (Wildman–Crippen LogP) is 4.08. The highest BCUT2D eigenvalue weighted by Gasteiger charge is 2.51. The Balaban J connectivity index is 2.03. The average molecular weight is 281 g/mol. The first-order valence-electron chi connectivity index (χ1n) is 7.73. The third-order valence-electron chi connectivity index (χ3n) is 4.55. The molecule has 0 saturated heterocycles. The minimum Gasteiger partial charge on any atom is -0.496 e. The van der Waals surface area contributed by atoms with E-state index in [0.29, 0.717) is 6.04 Å². The molecule has 0 aliphatic heterocycles. The molecule has 2 nitrogen and oxygen atoms in total. The van der Waals surface area contributed by atoms with Crippen molar-refractivity contribution in [2.24, 2.45) is 0 Å². The van der Waals surface area contributed by atoms with Crippen LogP contribution in [-0.4, -0.2) is 13.7 Å². The lowest BCUT2D eigenvalue weighted by Gasteiger charge is -2.30. The Morgan fingerprint density at radius 1 is 1.05 bits per heavy atom. The van der Waals surface area contributed by atoms with Crippen molar-refractivity contribution >= 4 is 0 Å². The summed E-state index contributed by atoms with van der Waals surface area (Å²) in [5, 5.41) is 3.69. The van der Waals surface area contributed by atoms with Gasteiger partial charge in [-0.15, -0.1) is 0 Å². The summed E-state index contributed by atoms with van der Waals surface area (Å²) in [6.45, 7) is 3.13. The summed E-state index contributed by atoms with van der Waals surface area (Å²) in [6, 6.07) is 19.6. The van der Waals surface area contributed by atoms with Gasteiger partial charge in [0.1, 0.15) is 5.75 Å². The van der Waals surface area contributed by atoms with Gasteiger partial charge >= 0.3 is 0 Å². The Kier molecular flexibility index (Phi) is 3.98. The van der Waals surface area contributed by atoms with Crippen molar-refractivity contribution in [3.63, 3.8) is 0 Å². The molecule has 1 N–H and O–H groups in total. The summed E-state index contributed by atoms with van der Waals surface area (Å²) < 4.78 is 5.59. The molecule has 0 heterocycles. The number of likely N-dealkylation sites (N-methyl/N-ethyl adjacent to an activating group) is 1. The molecule has 2 aromatic carbocycles. The monoisotopic (exact) mass is 281 g/mol. The molecule has 21 heavy (non-hydrogen) atoms. The van der Waals surface area contributed by atoms with Crippen LogP contribution in [0.4, 0.5) is 0 Å². The van der Waals surface area contributed by atoms with E-state index in [1.54, 1.807) is 7.11 Å². The predicted molar refractivity (Wildman–Crippen MR) is 86.8 cm³/mol. The van der Waals surface area contributed by atoms with Gasteiger partial charge in [0.25, 0.3) is 0 Å². The van der Waals surface area contributed by atoms with E-state index in [2.05, 4.69) is 60.8 Å². The van der Waals surface area contributed by atoms with Crippen LogP contribution in [0, 0.1) is 0 Å². The first kappa shape index (κ1) is 14.2. The molecular formula is C19H23NO. The number of hydrogen-bond acceptors (Lipinski definition) is 2. The zero-order chi connectivity index (χ0) is 14.7. The highest BCUT2D eigenvalue weighted by Crippen LogP contribution is 2.57. The van der Waals surface area contributed by atoms with Crippen molar-refractivity contribution in [1.29, 1.82) is 0 Å². The Bertz CT molecular complexity index is 590. The van der Waals surface area contributed by atoms with Gasteiger partial charge in [0.05, 0.1) is 7.11 Å². The van der Waals surface area contributed by atoms with Crippen LogP contribution >= 0.6 is 0 Å². The number of ether oxygens (including phenoxy) is 1. The molecule has 1 aliphatic carbocycles. The minimum absolute atomic E-state index is 0.214. The van der Waals surface area contributed by atoms with E-state index >= 15 is 0 Å². The second kappa shape index (κ2) is 5.90. The van der Waals surface area contributed by atoms with Gasteiger partial charge in [-0.25, -0.2) is 0 Å². The summed E-state index contributed by atoms with van der Waals surface area (Å²) in [7, 11) is 1.75. The second-order valence-electron chi connectivity index (χ2n) is 5.75. The highest BCUT2D eigenvalue weighted by molar-refractivity contribution is 5.44. The molecule has 0 aromatic heterocycles. The van der Waals surface area contributed by atoms with E-state index < -0.39 is 0 Å². The molecule has 2 aromatic rings. The molecule has 0 radical (unpaired) electrons. The number of benzene rings is 2. The molecule has 1 fully saturated rings. The third-order valence-corrected chi connectivity index (χ3v) is 4.55. The van der Waals surface area contributed by atoms with E-state index in [1.807, 2.05) is 6.07 Å². The molecule has 1 atom stereocenters. The summed E-state index contributed by atoms with van der Waals surface area (Å²) >= 11 is 0. The van der Waals surface area contributed by atoms with Gasteiger partial charge in [0.2, 0.25) is 0 Å². The van der Waals surface area contributed by atoms with Gasteiger partial charge in [-0.05, 0) is 31.0 Å². The molecule has 110 valence electrons. The second-order valence-corrected chi connectivity index (χ2v) is 5.75. The molecule has 1 saturated carbocycles. The number of rotatable bonds is 6. The zero-order valence-corrected chi connectivity index (χ0v) is 12.8. The fourth-order valence-electron chi connectivity index (χ4n) is 3.36. The fraction of sp³-hybridized carbons (Fsp3) is 0.368. The molecule has 0 amide bonds. The Morgan fingerprint density at radius 2 is 1.71 bits per heavy atom. The van der Waals surface area contributed by atoms with Crippen LogP contribution in [0.5, 0.6) is 5.75 Å². The molecule has 1 aliphatic rings. The Hall–Kier alpha value is -1.80. The SMILES string of the molecule is CCNC(c1ccccc1OC)C1(c2ccccc2)CC1. The quantitative estimate of drug-likeness (QED) is 0.861. The van der Waals surface area contributed by atoms with E-state index in [4.69, 9.17) is 4.74 Å². The van der Waals surface area contributed by atoms with Crippen LogP contribution in [-0.2, 0) is 5.41 Å². The lowest BCUT2D eigenvalue weighted by Crippen LogP contribution is -2.32. The van der Waals surface area contributed by atoms with Gasteiger partial charge in [-0.1, -0.05) is 55.5 Å². The topological polar surface area (TPSA) is 21.3 Å². The standard InChI is InChI=1S/C19H23NO/c1-3-20-18(16-11-7-8-12-17(16)21-2)19(13-14-19)15-9-5-4-6-10-15/h4-12,18,20H,3,13-14H2,1-2H3. The molecule has 0 spiro atoms. The summed E-state index contributed by atoms with van der Waals surface area (Å²) in [5.41, 5.74) is 2.91. The van der Waals surface area contributed by atoms with Crippen LogP contribution in [0.2, 0.25) is 0 Å². The largest absolute Gasteiger partial charge is 0.496 e. The van der Waals surface area contributed by atoms with Crippen molar-refractivity contribution in [3.05, 3.63) is 65.7 Å². The maximum absolute atomic E-state index is 5.59. The van der Waals surface area contributed by atoms with E-state index in [0.717, 1.165) is 12.3 Å². The number of methoxy groups -OCH3 is 1. The lowest BCUT2D eigenvalue weighted by molar-refractivity contribution is 0.380. The first-order valence-corrected chi connectivity index (χ1v) is 7.73. The van der Waals surface area contributed by atoms with Crippen molar-refractivity contribution in [2.75, 3.05) is 13.7 Å². The smallest absolute Gasteiger partial charge is 0.123 e. The summed E-state index contributed by atoms with van der Waals surface area (Å²) in [6.07, 6.45) is 2.46. The van der Waals surface area contributed by atoms with Gasteiger partial charge in [0, 0.05) is 17.0 Å². The fourth-order valence-corrected chi connectivity index (χ4v) is 3.36. The van der Waals surface area contributed by atoms with Gasteiger partial charge in [-0.2, -0.15) is 0 Å². The molecule has 3 rings (SSSR count). The van der Waals surface area contributed by atoms with Crippen molar-refractivity contribution < 1.29 is 4.74 Å². The van der Waals surface area contributed by atoms with Crippen LogP contribution < -0.4 is 10.1 Å². The maximum atomic E-state index is 5.59. The average Bonchev–Trinajstić information content (AvgIpc) is 3.35. The van der Waals surface area contributed by atoms with Gasteiger partial charge < -0.3 is 10.1 Å². The minimum atomic E-state index is 0.214. The number of hydrogen-bond donors (Lipinski definition) is 1. The summed E-state index contributed by atoms with van der Waals surface area (Å²) in [4.78, 5) is 0. The van der Waals surface area contributed by atoms with Gasteiger partial charge in [0.15, 0.2) is 0 Å². The summed E-state index contributed by atoms with van der Waals surface area (Å²) in [5.74, 6) is 0.977. The van der Waals surface area contributed by atoms with E-state index in [9.17, 15) is 0 Å². The first-order chi connectivity index (χ1) is 10.3. The molecule has 1 unspecified atom stereocenters. The molecular weight excluding hydrogens is 258 g/mol. The lowest BCUT2D eigenvalue weighted by atomic mass is 9.83. The van der Waals surface area contributed by atoms with Crippen molar-refractivity contribution in [1.82, 2.24) is 5.32 Å². The zero-order valence-electron chi connectivity index (χ0n) is 12.8. The van der Waals surface area contributed by atoms with Crippen LogP contribution in [0.1, 0.15) is 36.9 Å². The number of para-hydroxylation sites is 1. The Labute approximate surface area is 127 Å². The highest BCUT2D eigenvalue weighted by atomic mass is 16.5. The Morgan fingerprint density at radius 3 is 2.33 bits per heavy atom. The van der Waals surface area contributed by atoms with E-state index in [-0.39, 0.29) is 5.41 Å². The maximum Gasteiger partial charge on any atom is 0.123 e. The van der Waals surface area contributed by atoms with Gasteiger partial charge in [-0.3, -0.25) is 0 Å². The number of nitrogens with one attached hydrogen (secondary N) is 1. The van der Waals surface area contributed by atoms with E-state index in [1.165, 1.54) is 24.0 Å².